The number of anilines is 1. The van der Waals surface area contributed by atoms with E-state index in [4.69, 9.17) is 0 Å². The van der Waals surface area contributed by atoms with Gasteiger partial charge in [0.15, 0.2) is 4.90 Å². The summed E-state index contributed by atoms with van der Waals surface area (Å²) >= 11 is 0. The first-order valence-corrected chi connectivity index (χ1v) is 8.82. The quantitative estimate of drug-likeness (QED) is 0.628. The molecule has 8 heteroatoms. The van der Waals surface area contributed by atoms with Crippen LogP contribution < -0.4 is 4.31 Å². The largest absolute Gasteiger partial charge is 0.289 e. The molecule has 0 saturated heterocycles. The van der Waals surface area contributed by atoms with Gasteiger partial charge in [-0.25, -0.2) is 12.8 Å². The summed E-state index contributed by atoms with van der Waals surface area (Å²) in [7, 11) is -4.14. The van der Waals surface area contributed by atoms with Gasteiger partial charge in [0.2, 0.25) is 0 Å². The van der Waals surface area contributed by atoms with Crippen LogP contribution in [0.4, 0.5) is 15.8 Å². The molecule has 0 spiro atoms. The van der Waals surface area contributed by atoms with E-state index in [1.807, 2.05) is 0 Å². The molecule has 1 unspecified atom stereocenters. The monoisotopic (exact) mass is 350 g/mol. The Morgan fingerprint density at radius 3 is 2.67 bits per heavy atom. The van der Waals surface area contributed by atoms with Crippen molar-refractivity contribution in [3.8, 4) is 0 Å². The number of halogens is 1. The molecular formula is C16H15FN2O4S. The van der Waals surface area contributed by atoms with Gasteiger partial charge in [0, 0.05) is 12.1 Å². The van der Waals surface area contributed by atoms with E-state index in [0.29, 0.717) is 24.1 Å². The molecule has 126 valence electrons. The van der Waals surface area contributed by atoms with Crippen LogP contribution in [0.3, 0.4) is 0 Å². The van der Waals surface area contributed by atoms with Crippen LogP contribution in [0.1, 0.15) is 18.9 Å². The Bertz CT molecular complexity index is 914. The molecule has 0 bridgehead atoms. The maximum atomic E-state index is 13.5. The minimum absolute atomic E-state index is 0.362. The molecule has 24 heavy (non-hydrogen) atoms. The number of rotatable bonds is 3. The molecule has 3 rings (SSSR count). The van der Waals surface area contributed by atoms with E-state index in [-0.39, 0.29) is 10.9 Å². The smallest absolute Gasteiger partial charge is 0.263 e. The number of nitro groups is 1. The highest BCUT2D eigenvalue weighted by Gasteiger charge is 2.37. The standard InChI is InChI=1S/C16H15FN2O4S/c1-11-6-7-12-10-13(17)8-9-14(12)18(11)24(22,23)16-5-3-2-4-15(16)19(20)21/h2-5,8-11H,6-7H2,1H3. The van der Waals surface area contributed by atoms with Crippen molar-refractivity contribution in [2.24, 2.45) is 0 Å². The predicted molar refractivity (Wildman–Crippen MR) is 86.9 cm³/mol. The highest BCUT2D eigenvalue weighted by Crippen LogP contribution is 2.37. The number of fused-ring (bicyclic) bond motifs is 1. The zero-order valence-corrected chi connectivity index (χ0v) is 13.7. The molecule has 0 radical (unpaired) electrons. The summed E-state index contributed by atoms with van der Waals surface area (Å²) in [5.41, 5.74) is 0.475. The molecule has 0 fully saturated rings. The van der Waals surface area contributed by atoms with Crippen LogP contribution in [0.5, 0.6) is 0 Å². The molecule has 1 aliphatic heterocycles. The van der Waals surface area contributed by atoms with Gasteiger partial charge in [-0.05, 0) is 49.6 Å². The topological polar surface area (TPSA) is 80.5 Å². The van der Waals surface area contributed by atoms with Crippen LogP contribution in [-0.4, -0.2) is 19.4 Å². The lowest BCUT2D eigenvalue weighted by Gasteiger charge is -2.35. The number of hydrogen-bond donors (Lipinski definition) is 0. The highest BCUT2D eigenvalue weighted by atomic mass is 32.2. The van der Waals surface area contributed by atoms with Gasteiger partial charge in [-0.1, -0.05) is 12.1 Å². The van der Waals surface area contributed by atoms with Gasteiger partial charge >= 0.3 is 0 Å². The molecule has 2 aromatic rings. The molecule has 1 atom stereocenters. The first kappa shape index (κ1) is 16.4. The van der Waals surface area contributed by atoms with E-state index in [1.165, 1.54) is 36.4 Å². The van der Waals surface area contributed by atoms with E-state index < -0.39 is 26.5 Å². The fraction of sp³-hybridized carbons (Fsp3) is 0.250. The van der Waals surface area contributed by atoms with E-state index >= 15 is 0 Å². The number of sulfonamides is 1. The summed E-state index contributed by atoms with van der Waals surface area (Å²) in [4.78, 5) is 10.1. The van der Waals surface area contributed by atoms with Gasteiger partial charge in [-0.3, -0.25) is 14.4 Å². The molecule has 1 heterocycles. The summed E-state index contributed by atoms with van der Waals surface area (Å²) in [5, 5.41) is 11.2. The lowest BCUT2D eigenvalue weighted by molar-refractivity contribution is -0.387. The van der Waals surface area contributed by atoms with Crippen LogP contribution in [0, 0.1) is 15.9 Å². The third-order valence-electron chi connectivity index (χ3n) is 4.11. The average molecular weight is 350 g/mol. The number of hydrogen-bond acceptors (Lipinski definition) is 4. The molecule has 2 aromatic carbocycles. The minimum atomic E-state index is -4.14. The maximum absolute atomic E-state index is 13.5. The SMILES string of the molecule is CC1CCc2cc(F)ccc2N1S(=O)(=O)c1ccccc1[N+](=O)[O-]. The van der Waals surface area contributed by atoms with E-state index in [2.05, 4.69) is 0 Å². The van der Waals surface area contributed by atoms with Crippen molar-refractivity contribution in [3.05, 3.63) is 64.0 Å². The molecule has 0 aliphatic carbocycles. The molecule has 0 N–H and O–H groups in total. The second-order valence-corrected chi connectivity index (χ2v) is 7.47. The van der Waals surface area contributed by atoms with E-state index in [1.54, 1.807) is 6.92 Å². The Morgan fingerprint density at radius 2 is 1.96 bits per heavy atom. The number of aryl methyl sites for hydroxylation is 1. The van der Waals surface area contributed by atoms with Crippen molar-refractivity contribution < 1.29 is 17.7 Å². The molecule has 0 amide bonds. The van der Waals surface area contributed by atoms with Gasteiger partial charge in [0.25, 0.3) is 15.7 Å². The molecule has 0 aromatic heterocycles. The van der Waals surface area contributed by atoms with Crippen LogP contribution in [0.2, 0.25) is 0 Å². The summed E-state index contributed by atoms with van der Waals surface area (Å²) in [6, 6.07) is 8.77. The second kappa shape index (κ2) is 5.86. The van der Waals surface area contributed by atoms with Gasteiger partial charge in [-0.2, -0.15) is 0 Å². The Labute approximate surface area is 138 Å². The first-order chi connectivity index (χ1) is 11.3. The predicted octanol–water partition coefficient (Wildman–Crippen LogP) is 3.26. The summed E-state index contributed by atoms with van der Waals surface area (Å²) in [5.74, 6) is -0.439. The van der Waals surface area contributed by atoms with Gasteiger partial charge in [0.05, 0.1) is 10.6 Å². The van der Waals surface area contributed by atoms with Gasteiger partial charge in [0.1, 0.15) is 5.82 Å². The third kappa shape index (κ3) is 2.62. The minimum Gasteiger partial charge on any atom is -0.263 e. The fourth-order valence-corrected chi connectivity index (χ4v) is 4.87. The third-order valence-corrected chi connectivity index (χ3v) is 6.09. The Hall–Kier alpha value is -2.48. The van der Waals surface area contributed by atoms with Crippen molar-refractivity contribution in [2.45, 2.75) is 30.7 Å². The number of benzene rings is 2. The molecule has 6 nitrogen and oxygen atoms in total. The van der Waals surface area contributed by atoms with Crippen molar-refractivity contribution >= 4 is 21.4 Å². The van der Waals surface area contributed by atoms with E-state index in [9.17, 15) is 22.9 Å². The van der Waals surface area contributed by atoms with Crippen molar-refractivity contribution in [2.75, 3.05) is 4.31 Å². The Morgan fingerprint density at radius 1 is 1.25 bits per heavy atom. The Balaban J connectivity index is 2.20. The summed E-state index contributed by atoms with van der Waals surface area (Å²) < 4.78 is 40.8. The van der Waals surface area contributed by atoms with Crippen molar-refractivity contribution in [3.63, 3.8) is 0 Å². The lowest BCUT2D eigenvalue weighted by atomic mass is 9.99. The average Bonchev–Trinajstić information content (AvgIpc) is 2.54. The fourth-order valence-electron chi connectivity index (χ4n) is 2.99. The van der Waals surface area contributed by atoms with Crippen molar-refractivity contribution in [1.82, 2.24) is 0 Å². The van der Waals surface area contributed by atoms with Crippen LogP contribution in [0.25, 0.3) is 0 Å². The second-order valence-electron chi connectivity index (χ2n) is 5.69. The molecular weight excluding hydrogens is 335 g/mol. The number of para-hydroxylation sites is 1. The molecule has 0 saturated carbocycles. The van der Waals surface area contributed by atoms with Crippen LogP contribution in [0.15, 0.2) is 47.4 Å². The van der Waals surface area contributed by atoms with Crippen molar-refractivity contribution in [1.29, 1.82) is 0 Å². The highest BCUT2D eigenvalue weighted by molar-refractivity contribution is 7.93. The van der Waals surface area contributed by atoms with Gasteiger partial charge < -0.3 is 0 Å². The maximum Gasteiger partial charge on any atom is 0.289 e. The zero-order valence-electron chi connectivity index (χ0n) is 12.8. The number of nitrogens with zero attached hydrogens (tertiary/aromatic N) is 2. The van der Waals surface area contributed by atoms with E-state index in [0.717, 1.165) is 10.4 Å². The summed E-state index contributed by atoms with van der Waals surface area (Å²) in [6.07, 6.45) is 1.06. The lowest BCUT2D eigenvalue weighted by Crippen LogP contribution is -2.42. The van der Waals surface area contributed by atoms with Crippen LogP contribution >= 0.6 is 0 Å². The first-order valence-electron chi connectivity index (χ1n) is 7.38. The summed E-state index contributed by atoms with van der Waals surface area (Å²) in [6.45, 7) is 1.73. The Kier molecular flexibility index (Phi) is 4.00. The molecule has 1 aliphatic rings. The number of nitro benzene ring substituents is 1. The zero-order chi connectivity index (χ0) is 17.5. The van der Waals surface area contributed by atoms with Crippen LogP contribution in [-0.2, 0) is 16.4 Å². The normalized spacial score (nSPS) is 17.4. The van der Waals surface area contributed by atoms with Gasteiger partial charge in [-0.15, -0.1) is 0 Å².